The summed E-state index contributed by atoms with van der Waals surface area (Å²) in [6.45, 7) is 0. The summed E-state index contributed by atoms with van der Waals surface area (Å²) < 4.78 is 18.4. The molecule has 6 heteroatoms. The zero-order valence-corrected chi connectivity index (χ0v) is 9.97. The lowest BCUT2D eigenvalue weighted by atomic mass is 10.1. The maximum absolute atomic E-state index is 11.1. The first-order valence-corrected chi connectivity index (χ1v) is 6.36. The molecule has 1 aliphatic rings. The Balaban J connectivity index is 2.44. The summed E-state index contributed by atoms with van der Waals surface area (Å²) in [6.07, 6.45) is 4.61. The van der Waals surface area contributed by atoms with Crippen molar-refractivity contribution >= 4 is 22.7 Å². The second kappa shape index (κ2) is 7.51. The second-order valence-corrected chi connectivity index (χ2v) is 4.51. The van der Waals surface area contributed by atoms with Crippen LogP contribution in [0.5, 0.6) is 0 Å². The summed E-state index contributed by atoms with van der Waals surface area (Å²) >= 11 is 0. The van der Waals surface area contributed by atoms with E-state index >= 15 is 0 Å². The zero-order valence-electron chi connectivity index (χ0n) is 8.18. The highest BCUT2D eigenvalue weighted by atomic mass is 31.1. The molecule has 0 amide bonds. The lowest BCUT2D eigenvalue weighted by Crippen LogP contribution is -2.12. The van der Waals surface area contributed by atoms with Gasteiger partial charge in [-0.15, -0.1) is 0 Å². The van der Waals surface area contributed by atoms with Crippen molar-refractivity contribution in [1.82, 2.24) is 0 Å². The van der Waals surface area contributed by atoms with Crippen LogP contribution < -0.4 is 0 Å². The first kappa shape index (κ1) is 12.3. The Labute approximate surface area is 91.9 Å². The Morgan fingerprint density at radius 1 is 1.40 bits per heavy atom. The normalized spacial score (nSPS) is 21.5. The number of hydrogen-bond donors (Lipinski definition) is 0. The molecule has 0 aromatic heterocycles. The van der Waals surface area contributed by atoms with Crippen LogP contribution in [0.25, 0.3) is 0 Å². The van der Waals surface area contributed by atoms with Gasteiger partial charge in [-0.05, 0) is 19.3 Å². The van der Waals surface area contributed by atoms with Crippen molar-refractivity contribution < 1.29 is 14.1 Å². The van der Waals surface area contributed by atoms with Crippen molar-refractivity contribution in [2.24, 2.45) is 4.52 Å². The molecule has 0 fully saturated rings. The summed E-state index contributed by atoms with van der Waals surface area (Å²) in [5.41, 5.74) is -0.488. The highest BCUT2D eigenvalue weighted by Crippen LogP contribution is 2.16. The van der Waals surface area contributed by atoms with E-state index < -0.39 is 14.3 Å². The fourth-order valence-corrected chi connectivity index (χ4v) is 1.88. The first-order valence-electron chi connectivity index (χ1n) is 4.75. The van der Waals surface area contributed by atoms with Crippen molar-refractivity contribution in [2.45, 2.75) is 38.2 Å². The van der Waals surface area contributed by atoms with Crippen molar-refractivity contribution in [1.29, 1.82) is 0 Å². The maximum Gasteiger partial charge on any atom is 0.377 e. The maximum atomic E-state index is 11.1. The van der Waals surface area contributed by atoms with Crippen LogP contribution in [0.4, 0.5) is 4.79 Å². The fraction of sp³-hybridized carbons (Fsp3) is 0.667. The minimum Gasteiger partial charge on any atom is -0.442 e. The number of carbonyl (C=O) groups is 1. The summed E-state index contributed by atoms with van der Waals surface area (Å²) in [7, 11) is -0.319. The Kier molecular flexibility index (Phi) is 6.16. The molecule has 1 rings (SSSR count). The minimum absolute atomic E-state index is 0.0755. The van der Waals surface area contributed by atoms with Gasteiger partial charge in [-0.1, -0.05) is 18.3 Å². The summed E-state index contributed by atoms with van der Waals surface area (Å²) in [5.74, 6) is 5.88. The third-order valence-corrected chi connectivity index (χ3v) is 2.86. The number of nitrogens with zero attached hydrogens (tertiary/aromatic N) is 1. The third kappa shape index (κ3) is 5.62. The van der Waals surface area contributed by atoms with Crippen molar-refractivity contribution in [3.8, 4) is 11.8 Å². The SMILES string of the molecule is O=PN=PC(=O)OC1C#CCCCCC1. The van der Waals surface area contributed by atoms with E-state index in [-0.39, 0.29) is 14.5 Å². The largest absolute Gasteiger partial charge is 0.442 e. The molecule has 0 radical (unpaired) electrons. The molecule has 0 aromatic carbocycles. The molecule has 4 nitrogen and oxygen atoms in total. The standard InChI is InChI=1S/C9H11NO3P2/c11-9(14-10-15-12)13-8-6-4-2-1-3-5-7-8/h8H,1-4,6H2. The molecule has 15 heavy (non-hydrogen) atoms. The number of carbonyl (C=O) groups excluding carboxylic acids is 1. The molecule has 0 aliphatic heterocycles. The quantitative estimate of drug-likeness (QED) is 0.559. The minimum atomic E-state index is -0.488. The Morgan fingerprint density at radius 2 is 2.27 bits per heavy atom. The smallest absolute Gasteiger partial charge is 0.377 e. The van der Waals surface area contributed by atoms with Gasteiger partial charge >= 0.3 is 14.3 Å². The van der Waals surface area contributed by atoms with Crippen LogP contribution in [-0.2, 0) is 9.30 Å². The van der Waals surface area contributed by atoms with E-state index in [1.807, 2.05) is 0 Å². The first-order chi connectivity index (χ1) is 7.33. The van der Waals surface area contributed by atoms with Gasteiger partial charge in [0, 0.05) is 6.42 Å². The Morgan fingerprint density at radius 3 is 3.07 bits per heavy atom. The third-order valence-electron chi connectivity index (χ3n) is 1.94. The molecule has 1 aliphatic carbocycles. The van der Waals surface area contributed by atoms with Crippen LogP contribution in [0.3, 0.4) is 0 Å². The molecular weight excluding hydrogens is 232 g/mol. The van der Waals surface area contributed by atoms with Gasteiger partial charge in [0.05, 0.1) is 0 Å². The van der Waals surface area contributed by atoms with Gasteiger partial charge in [0.25, 0.3) is 0 Å². The summed E-state index contributed by atoms with van der Waals surface area (Å²) in [5, 5.41) is 0. The van der Waals surface area contributed by atoms with Gasteiger partial charge in [0.15, 0.2) is 6.10 Å². The topological polar surface area (TPSA) is 55.7 Å². The highest BCUT2D eigenvalue weighted by Gasteiger charge is 2.11. The monoisotopic (exact) mass is 243 g/mol. The van der Waals surface area contributed by atoms with E-state index in [1.165, 1.54) is 0 Å². The molecule has 0 spiro atoms. The van der Waals surface area contributed by atoms with E-state index in [0.717, 1.165) is 32.1 Å². The van der Waals surface area contributed by atoms with E-state index in [2.05, 4.69) is 16.4 Å². The van der Waals surface area contributed by atoms with Gasteiger partial charge in [0.2, 0.25) is 0 Å². The van der Waals surface area contributed by atoms with E-state index in [9.17, 15) is 9.36 Å². The number of hydrogen-bond acceptors (Lipinski definition) is 3. The molecule has 80 valence electrons. The Bertz CT molecular complexity index is 319. The summed E-state index contributed by atoms with van der Waals surface area (Å²) in [4.78, 5) is 11.1. The molecule has 0 bridgehead atoms. The molecule has 0 heterocycles. The molecule has 0 saturated heterocycles. The highest BCUT2D eigenvalue weighted by molar-refractivity contribution is 7.52. The van der Waals surface area contributed by atoms with Crippen LogP contribution in [0.15, 0.2) is 4.52 Å². The lowest BCUT2D eigenvalue weighted by Gasteiger charge is -2.11. The van der Waals surface area contributed by atoms with E-state index in [1.54, 1.807) is 0 Å². The zero-order chi connectivity index (χ0) is 10.9. The van der Waals surface area contributed by atoms with Gasteiger partial charge in [-0.2, -0.15) is 4.52 Å². The van der Waals surface area contributed by atoms with Crippen LogP contribution >= 0.6 is 17.0 Å². The van der Waals surface area contributed by atoms with Crippen molar-refractivity contribution in [3.05, 3.63) is 0 Å². The predicted molar refractivity (Wildman–Crippen MR) is 58.1 cm³/mol. The van der Waals surface area contributed by atoms with Gasteiger partial charge in [-0.3, -0.25) is 0 Å². The van der Waals surface area contributed by atoms with Crippen LogP contribution in [-0.4, -0.2) is 11.8 Å². The van der Waals surface area contributed by atoms with Gasteiger partial charge < -0.3 is 4.74 Å². The molecule has 1 unspecified atom stereocenters. The van der Waals surface area contributed by atoms with Crippen LogP contribution in [0.1, 0.15) is 32.1 Å². The van der Waals surface area contributed by atoms with E-state index in [4.69, 9.17) is 4.74 Å². The molecule has 0 saturated carbocycles. The van der Waals surface area contributed by atoms with Gasteiger partial charge in [-0.25, -0.2) is 9.36 Å². The predicted octanol–water partition coefficient (Wildman–Crippen LogP) is 3.80. The molecule has 0 aromatic rings. The van der Waals surface area contributed by atoms with E-state index in [0.29, 0.717) is 0 Å². The second-order valence-electron chi connectivity index (χ2n) is 3.06. The molecular formula is C9H11NO3P2. The summed E-state index contributed by atoms with van der Waals surface area (Å²) in [6, 6.07) is 0. The van der Waals surface area contributed by atoms with Crippen molar-refractivity contribution in [3.63, 3.8) is 0 Å². The van der Waals surface area contributed by atoms with Crippen LogP contribution in [0.2, 0.25) is 0 Å². The number of rotatable bonds is 3. The van der Waals surface area contributed by atoms with Crippen LogP contribution in [0, 0.1) is 11.8 Å². The average molecular weight is 243 g/mol. The average Bonchev–Trinajstić information content (AvgIpc) is 2.19. The fourth-order valence-electron chi connectivity index (χ4n) is 1.27. The Hall–Kier alpha value is -0.770. The lowest BCUT2D eigenvalue weighted by molar-refractivity contribution is 0.144. The van der Waals surface area contributed by atoms with Crippen molar-refractivity contribution in [2.75, 3.05) is 0 Å². The number of ether oxygens (including phenoxy) is 1. The van der Waals surface area contributed by atoms with Gasteiger partial charge in [0.1, 0.15) is 8.37 Å². The molecule has 1 atom stereocenters. The molecule has 0 N–H and O–H groups in total.